The molecule has 0 amide bonds. The number of fused-ring (bicyclic) bond motifs is 1. The van der Waals surface area contributed by atoms with Crippen LogP contribution in [0.2, 0.25) is 0 Å². The monoisotopic (exact) mass is 381 g/mol. The first kappa shape index (κ1) is 19.5. The van der Waals surface area contributed by atoms with Crippen molar-refractivity contribution in [1.82, 2.24) is 4.57 Å². The van der Waals surface area contributed by atoms with Gasteiger partial charge in [-0.05, 0) is 12.5 Å². The van der Waals surface area contributed by atoms with E-state index in [-0.39, 0.29) is 12.4 Å². The predicted molar refractivity (Wildman–Crippen MR) is 107 cm³/mol. The number of carbonyl (C=O) groups is 2. The van der Waals surface area contributed by atoms with Crippen LogP contribution in [-0.4, -0.2) is 37.6 Å². The van der Waals surface area contributed by atoms with Gasteiger partial charge in [-0.1, -0.05) is 30.3 Å². The maximum Gasteiger partial charge on any atom is 0.307 e. The van der Waals surface area contributed by atoms with Gasteiger partial charge in [0.25, 0.3) is 0 Å². The summed E-state index contributed by atoms with van der Waals surface area (Å²) in [5, 5.41) is 0.806. The largest absolute Gasteiger partial charge is 0.496 e. The van der Waals surface area contributed by atoms with Crippen LogP contribution in [0.25, 0.3) is 22.0 Å². The second-order valence-electron chi connectivity index (χ2n) is 6.19. The fourth-order valence-corrected chi connectivity index (χ4v) is 3.38. The van der Waals surface area contributed by atoms with Crippen LogP contribution in [0.1, 0.15) is 23.7 Å². The van der Waals surface area contributed by atoms with Crippen molar-refractivity contribution in [1.29, 1.82) is 0 Å². The highest BCUT2D eigenvalue weighted by Crippen LogP contribution is 2.42. The summed E-state index contributed by atoms with van der Waals surface area (Å²) in [7, 11) is 3.09. The third-order valence-electron chi connectivity index (χ3n) is 4.61. The Bertz CT molecular complexity index is 991. The third-order valence-corrected chi connectivity index (χ3v) is 4.61. The van der Waals surface area contributed by atoms with Gasteiger partial charge < -0.3 is 18.8 Å². The van der Waals surface area contributed by atoms with E-state index in [9.17, 15) is 9.59 Å². The molecule has 28 heavy (non-hydrogen) atoms. The zero-order valence-corrected chi connectivity index (χ0v) is 16.2. The molecule has 3 aromatic rings. The average Bonchev–Trinajstić information content (AvgIpc) is 3.11. The molecule has 0 spiro atoms. The Labute approximate surface area is 163 Å². The fourth-order valence-electron chi connectivity index (χ4n) is 3.38. The highest BCUT2D eigenvalue weighted by Gasteiger charge is 2.22. The molecule has 1 heterocycles. The van der Waals surface area contributed by atoms with Crippen molar-refractivity contribution in [2.45, 2.75) is 19.9 Å². The van der Waals surface area contributed by atoms with Crippen LogP contribution >= 0.6 is 0 Å². The van der Waals surface area contributed by atoms with Crippen LogP contribution < -0.4 is 9.47 Å². The molecule has 6 heteroatoms. The van der Waals surface area contributed by atoms with E-state index in [1.807, 2.05) is 41.1 Å². The number of aryl methyl sites for hydroxylation is 1. The zero-order valence-electron chi connectivity index (χ0n) is 16.2. The lowest BCUT2D eigenvalue weighted by Crippen LogP contribution is -2.09. The normalized spacial score (nSPS) is 10.7. The van der Waals surface area contributed by atoms with Gasteiger partial charge in [0.15, 0.2) is 6.29 Å². The van der Waals surface area contributed by atoms with Crippen LogP contribution in [0.15, 0.2) is 42.6 Å². The summed E-state index contributed by atoms with van der Waals surface area (Å²) in [6, 6.07) is 11.6. The van der Waals surface area contributed by atoms with Gasteiger partial charge in [-0.15, -0.1) is 0 Å². The Morgan fingerprint density at radius 3 is 2.43 bits per heavy atom. The second-order valence-corrected chi connectivity index (χ2v) is 6.19. The van der Waals surface area contributed by atoms with Gasteiger partial charge in [0.1, 0.15) is 11.5 Å². The van der Waals surface area contributed by atoms with Crippen LogP contribution in [0, 0.1) is 0 Å². The summed E-state index contributed by atoms with van der Waals surface area (Å²) in [4.78, 5) is 23.8. The minimum absolute atomic E-state index is 0.198. The minimum atomic E-state index is -0.284. The van der Waals surface area contributed by atoms with Crippen molar-refractivity contribution < 1.29 is 23.8 Å². The molecule has 0 fully saturated rings. The van der Waals surface area contributed by atoms with Gasteiger partial charge >= 0.3 is 5.97 Å². The lowest BCUT2D eigenvalue weighted by Gasteiger charge is -2.13. The van der Waals surface area contributed by atoms with Crippen molar-refractivity contribution in [3.63, 3.8) is 0 Å². The second kappa shape index (κ2) is 8.61. The van der Waals surface area contributed by atoms with Crippen molar-refractivity contribution >= 4 is 23.2 Å². The van der Waals surface area contributed by atoms with Crippen LogP contribution in [-0.2, 0) is 16.1 Å². The van der Waals surface area contributed by atoms with Gasteiger partial charge in [-0.25, -0.2) is 0 Å². The number of nitrogens with zero attached hydrogens (tertiary/aromatic N) is 1. The van der Waals surface area contributed by atoms with Crippen LogP contribution in [0.5, 0.6) is 11.5 Å². The number of rotatable bonds is 8. The zero-order chi connectivity index (χ0) is 20.1. The van der Waals surface area contributed by atoms with Gasteiger partial charge in [0.05, 0.1) is 43.7 Å². The molecule has 6 nitrogen and oxygen atoms in total. The number of methoxy groups -OCH3 is 2. The van der Waals surface area contributed by atoms with E-state index in [1.165, 1.54) is 7.11 Å². The molecule has 0 saturated heterocycles. The number of ether oxygens (including phenoxy) is 3. The number of aldehydes is 1. The quantitative estimate of drug-likeness (QED) is 0.434. The molecule has 0 N–H and O–H groups in total. The number of hydrogen-bond acceptors (Lipinski definition) is 5. The van der Waals surface area contributed by atoms with Crippen molar-refractivity contribution in [3.8, 4) is 22.6 Å². The SMILES string of the molecule is CCOC(=O)CCn1cc(-c2ccccc2)c2c(OC)cc(OC)c(C=O)c21. The first-order chi connectivity index (χ1) is 13.6. The Kier molecular flexibility index (Phi) is 5.99. The van der Waals surface area contributed by atoms with Gasteiger partial charge in [-0.3, -0.25) is 9.59 Å². The lowest BCUT2D eigenvalue weighted by molar-refractivity contribution is -0.143. The van der Waals surface area contributed by atoms with E-state index in [2.05, 4.69) is 0 Å². The maximum absolute atomic E-state index is 11.9. The summed E-state index contributed by atoms with van der Waals surface area (Å²) >= 11 is 0. The highest BCUT2D eigenvalue weighted by molar-refractivity contribution is 6.09. The smallest absolute Gasteiger partial charge is 0.307 e. The molecular formula is C22H23NO5. The maximum atomic E-state index is 11.9. The molecule has 0 saturated carbocycles. The molecule has 0 aliphatic rings. The van der Waals surface area contributed by atoms with E-state index < -0.39 is 0 Å². The molecule has 0 aliphatic carbocycles. The number of aromatic nitrogens is 1. The molecule has 3 rings (SSSR count). The molecule has 0 unspecified atom stereocenters. The Morgan fingerprint density at radius 2 is 1.82 bits per heavy atom. The Morgan fingerprint density at radius 1 is 1.11 bits per heavy atom. The van der Waals surface area contributed by atoms with Crippen molar-refractivity contribution in [3.05, 3.63) is 48.2 Å². The van der Waals surface area contributed by atoms with E-state index >= 15 is 0 Å². The molecule has 0 bridgehead atoms. The van der Waals surface area contributed by atoms with Gasteiger partial charge in [0.2, 0.25) is 0 Å². The predicted octanol–water partition coefficient (Wildman–Crippen LogP) is 4.09. The van der Waals surface area contributed by atoms with Crippen LogP contribution in [0.4, 0.5) is 0 Å². The minimum Gasteiger partial charge on any atom is -0.496 e. The van der Waals surface area contributed by atoms with E-state index in [0.29, 0.717) is 35.7 Å². The first-order valence-corrected chi connectivity index (χ1v) is 9.08. The summed E-state index contributed by atoms with van der Waals surface area (Å²) in [5.41, 5.74) is 3.00. The van der Waals surface area contributed by atoms with Crippen LogP contribution in [0.3, 0.4) is 0 Å². The van der Waals surface area contributed by atoms with Gasteiger partial charge in [0, 0.05) is 24.4 Å². The average molecular weight is 381 g/mol. The molecule has 0 aliphatic heterocycles. The molecular weight excluding hydrogens is 358 g/mol. The topological polar surface area (TPSA) is 66.8 Å². The summed E-state index contributed by atoms with van der Waals surface area (Å²) < 4.78 is 17.9. The van der Waals surface area contributed by atoms with Crippen molar-refractivity contribution in [2.24, 2.45) is 0 Å². The Hall–Kier alpha value is -3.28. The van der Waals surface area contributed by atoms with Crippen molar-refractivity contribution in [2.75, 3.05) is 20.8 Å². The highest BCUT2D eigenvalue weighted by atomic mass is 16.5. The molecule has 2 aromatic carbocycles. The molecule has 0 atom stereocenters. The van der Waals surface area contributed by atoms with Gasteiger partial charge in [-0.2, -0.15) is 0 Å². The third kappa shape index (κ3) is 3.58. The molecule has 146 valence electrons. The summed E-state index contributed by atoms with van der Waals surface area (Å²) in [5.74, 6) is 0.744. The standard InChI is InChI=1S/C22H23NO5/c1-4-28-20(25)10-11-23-13-16(15-8-6-5-7-9-15)21-19(27-3)12-18(26-2)17(14-24)22(21)23/h5-9,12-14H,4,10-11H2,1-3H3. The van der Waals surface area contributed by atoms with E-state index in [0.717, 1.165) is 22.8 Å². The number of carbonyl (C=O) groups excluding carboxylic acids is 2. The lowest BCUT2D eigenvalue weighted by atomic mass is 10.0. The van der Waals surface area contributed by atoms with E-state index in [1.54, 1.807) is 20.1 Å². The molecule has 0 radical (unpaired) electrons. The Balaban J connectivity index is 2.26. The molecule has 1 aromatic heterocycles. The fraction of sp³-hybridized carbons (Fsp3) is 0.273. The van der Waals surface area contributed by atoms with E-state index in [4.69, 9.17) is 14.2 Å². The number of hydrogen-bond donors (Lipinski definition) is 0. The summed E-state index contributed by atoms with van der Waals surface area (Å²) in [6.45, 7) is 2.48. The first-order valence-electron chi connectivity index (χ1n) is 9.08. The number of benzene rings is 2. The number of esters is 1. The summed E-state index contributed by atoms with van der Waals surface area (Å²) in [6.07, 6.45) is 2.91.